The van der Waals surface area contributed by atoms with Gasteiger partial charge in [-0.1, -0.05) is 11.6 Å². The lowest BCUT2D eigenvalue weighted by Gasteiger charge is -1.98. The summed E-state index contributed by atoms with van der Waals surface area (Å²) >= 11 is 5.95. The van der Waals surface area contributed by atoms with Crippen molar-refractivity contribution in [3.8, 4) is 0 Å². The first-order valence-electron chi connectivity index (χ1n) is 4.77. The first-order chi connectivity index (χ1) is 7.34. The van der Waals surface area contributed by atoms with Crippen LogP contribution >= 0.6 is 11.6 Å². The second-order valence-electron chi connectivity index (χ2n) is 3.42. The second kappa shape index (κ2) is 3.24. The van der Waals surface area contributed by atoms with Crippen molar-refractivity contribution in [1.29, 1.82) is 0 Å². The van der Waals surface area contributed by atoms with Gasteiger partial charge in [-0.3, -0.25) is 10.1 Å². The van der Waals surface area contributed by atoms with Crippen molar-refractivity contribution in [1.82, 2.24) is 15.5 Å². The molecule has 2 heterocycles. The first kappa shape index (κ1) is 8.73. The minimum atomic E-state index is 0.712. The molecule has 0 bridgehead atoms. The molecule has 0 saturated carbocycles. The molecule has 0 fully saturated rings. The lowest BCUT2D eigenvalue weighted by atomic mass is 10.2. The molecule has 1 aromatic carbocycles. The van der Waals surface area contributed by atoms with Crippen molar-refractivity contribution in [3.05, 3.63) is 28.9 Å². The fraction of sp³-hybridized carbons (Fsp3) is 0.200. The molecule has 0 spiro atoms. The molecule has 2 N–H and O–H groups in total. The molecule has 4 nitrogen and oxygen atoms in total. The van der Waals surface area contributed by atoms with E-state index < -0.39 is 0 Å². The molecule has 5 heteroatoms. The number of aliphatic imine (C=N–C) groups is 1. The normalized spacial score (nSPS) is 15.4. The molecule has 3 rings (SSSR count). The van der Waals surface area contributed by atoms with Crippen LogP contribution in [0.1, 0.15) is 5.69 Å². The Morgan fingerprint density at radius 3 is 3.07 bits per heavy atom. The second-order valence-corrected chi connectivity index (χ2v) is 3.86. The largest absolute Gasteiger partial charge is 0.367 e. The first-order valence-corrected chi connectivity index (χ1v) is 5.15. The van der Waals surface area contributed by atoms with Gasteiger partial charge in [0.05, 0.1) is 12.1 Å². The highest BCUT2D eigenvalue weighted by atomic mass is 35.5. The van der Waals surface area contributed by atoms with Crippen molar-refractivity contribution in [3.63, 3.8) is 0 Å². The van der Waals surface area contributed by atoms with E-state index in [1.807, 2.05) is 18.2 Å². The lowest BCUT2D eigenvalue weighted by molar-refractivity contribution is 0.957. The van der Waals surface area contributed by atoms with Crippen LogP contribution in [0, 0.1) is 0 Å². The highest BCUT2D eigenvalue weighted by molar-refractivity contribution is 6.31. The lowest BCUT2D eigenvalue weighted by Crippen LogP contribution is -2.20. The van der Waals surface area contributed by atoms with E-state index in [4.69, 9.17) is 11.6 Å². The third-order valence-corrected chi connectivity index (χ3v) is 2.66. The van der Waals surface area contributed by atoms with Gasteiger partial charge in [0.2, 0.25) is 0 Å². The molecule has 15 heavy (non-hydrogen) atoms. The van der Waals surface area contributed by atoms with Crippen LogP contribution in [-0.4, -0.2) is 29.1 Å². The van der Waals surface area contributed by atoms with Gasteiger partial charge in [-0.2, -0.15) is 5.10 Å². The van der Waals surface area contributed by atoms with Crippen LogP contribution in [0.4, 0.5) is 0 Å². The topological polar surface area (TPSA) is 53.1 Å². The van der Waals surface area contributed by atoms with Gasteiger partial charge >= 0.3 is 0 Å². The Hall–Kier alpha value is -1.55. The van der Waals surface area contributed by atoms with Crippen molar-refractivity contribution in [2.75, 3.05) is 13.1 Å². The van der Waals surface area contributed by atoms with E-state index in [0.717, 1.165) is 35.5 Å². The van der Waals surface area contributed by atoms with E-state index in [2.05, 4.69) is 20.5 Å². The van der Waals surface area contributed by atoms with E-state index >= 15 is 0 Å². The van der Waals surface area contributed by atoms with Gasteiger partial charge < -0.3 is 5.32 Å². The summed E-state index contributed by atoms with van der Waals surface area (Å²) in [6.45, 7) is 1.69. The number of amidine groups is 1. The quantitative estimate of drug-likeness (QED) is 0.767. The van der Waals surface area contributed by atoms with Crippen LogP contribution in [0.3, 0.4) is 0 Å². The number of fused-ring (bicyclic) bond motifs is 1. The Balaban J connectivity index is 2.22. The highest BCUT2D eigenvalue weighted by Crippen LogP contribution is 2.21. The third kappa shape index (κ3) is 1.37. The third-order valence-electron chi connectivity index (χ3n) is 2.42. The van der Waals surface area contributed by atoms with Crippen molar-refractivity contribution in [2.24, 2.45) is 4.99 Å². The van der Waals surface area contributed by atoms with Gasteiger partial charge in [-0.05, 0) is 18.2 Å². The number of rotatable bonds is 1. The number of halogens is 1. The number of H-pyrrole nitrogens is 1. The average Bonchev–Trinajstić information content (AvgIpc) is 2.83. The number of hydrogen-bond donors (Lipinski definition) is 2. The van der Waals surface area contributed by atoms with Crippen LogP contribution in [0.25, 0.3) is 10.9 Å². The summed E-state index contributed by atoms with van der Waals surface area (Å²) in [7, 11) is 0. The van der Waals surface area contributed by atoms with Gasteiger partial charge in [-0.25, -0.2) is 0 Å². The van der Waals surface area contributed by atoms with Gasteiger partial charge in [0.1, 0.15) is 11.5 Å². The van der Waals surface area contributed by atoms with Crippen molar-refractivity contribution in [2.45, 2.75) is 0 Å². The summed E-state index contributed by atoms with van der Waals surface area (Å²) in [5.74, 6) is 0.850. The number of benzene rings is 1. The summed E-state index contributed by atoms with van der Waals surface area (Å²) in [6.07, 6.45) is 0. The van der Waals surface area contributed by atoms with Crippen LogP contribution < -0.4 is 5.32 Å². The summed E-state index contributed by atoms with van der Waals surface area (Å²) in [5, 5.41) is 12.1. The number of nitrogens with one attached hydrogen (secondary N) is 2. The van der Waals surface area contributed by atoms with Gasteiger partial charge in [0.25, 0.3) is 0 Å². The predicted molar refractivity (Wildman–Crippen MR) is 60.5 cm³/mol. The smallest absolute Gasteiger partial charge is 0.149 e. The molecular weight excluding hydrogens is 212 g/mol. The molecule has 0 saturated heterocycles. The molecule has 0 amide bonds. The minimum absolute atomic E-state index is 0.712. The summed E-state index contributed by atoms with van der Waals surface area (Å²) in [6, 6.07) is 5.66. The van der Waals surface area contributed by atoms with Gasteiger partial charge in [-0.15, -0.1) is 0 Å². The number of nitrogens with zero attached hydrogens (tertiary/aromatic N) is 2. The molecule has 2 aromatic rings. The fourth-order valence-electron chi connectivity index (χ4n) is 1.72. The molecule has 0 unspecified atom stereocenters. The summed E-state index contributed by atoms with van der Waals surface area (Å²) < 4.78 is 0. The molecule has 1 aliphatic heterocycles. The average molecular weight is 221 g/mol. The molecular formula is C10H9ClN4. The highest BCUT2D eigenvalue weighted by Gasteiger charge is 2.14. The van der Waals surface area contributed by atoms with E-state index in [1.54, 1.807) is 0 Å². The van der Waals surface area contributed by atoms with Crippen molar-refractivity contribution >= 4 is 28.3 Å². The Kier molecular flexibility index (Phi) is 1.89. The van der Waals surface area contributed by atoms with Crippen LogP contribution in [-0.2, 0) is 0 Å². The standard InChI is InChI=1S/C10H9ClN4/c11-6-1-2-8-7(5-6)9(15-14-8)10-12-3-4-13-10/h1-2,5H,3-4H2,(H,12,13)(H,14,15). The molecule has 1 aliphatic rings. The SMILES string of the molecule is Clc1ccc2[nH]nc(C3=NCCN3)c2c1. The summed E-state index contributed by atoms with van der Waals surface area (Å²) in [4.78, 5) is 4.34. The molecule has 0 aliphatic carbocycles. The molecule has 76 valence electrons. The Morgan fingerprint density at radius 2 is 2.27 bits per heavy atom. The van der Waals surface area contributed by atoms with Gasteiger partial charge in [0.15, 0.2) is 0 Å². The number of aromatic nitrogens is 2. The van der Waals surface area contributed by atoms with Gasteiger partial charge in [0, 0.05) is 17.0 Å². The minimum Gasteiger partial charge on any atom is -0.367 e. The van der Waals surface area contributed by atoms with E-state index in [-0.39, 0.29) is 0 Å². The van der Waals surface area contributed by atoms with E-state index in [1.165, 1.54) is 0 Å². The maximum absolute atomic E-state index is 5.95. The van der Waals surface area contributed by atoms with Crippen LogP contribution in [0.5, 0.6) is 0 Å². The summed E-state index contributed by atoms with van der Waals surface area (Å²) in [5.41, 5.74) is 1.83. The molecule has 0 radical (unpaired) electrons. The Bertz CT molecular complexity index is 543. The zero-order valence-corrected chi connectivity index (χ0v) is 8.67. The maximum atomic E-state index is 5.95. The Morgan fingerprint density at radius 1 is 1.33 bits per heavy atom. The van der Waals surface area contributed by atoms with Crippen LogP contribution in [0.2, 0.25) is 5.02 Å². The van der Waals surface area contributed by atoms with E-state index in [0.29, 0.717) is 5.02 Å². The Labute approximate surface area is 91.3 Å². The van der Waals surface area contributed by atoms with E-state index in [9.17, 15) is 0 Å². The van der Waals surface area contributed by atoms with Crippen molar-refractivity contribution < 1.29 is 0 Å². The monoisotopic (exact) mass is 220 g/mol. The van der Waals surface area contributed by atoms with Crippen LogP contribution in [0.15, 0.2) is 23.2 Å². The molecule has 0 atom stereocenters. The molecule has 1 aromatic heterocycles. The number of aromatic amines is 1. The number of hydrogen-bond acceptors (Lipinski definition) is 3. The predicted octanol–water partition coefficient (Wildman–Crippen LogP) is 1.57. The maximum Gasteiger partial charge on any atom is 0.149 e. The zero-order valence-electron chi connectivity index (χ0n) is 7.92. The zero-order chi connectivity index (χ0) is 10.3. The fourth-order valence-corrected chi connectivity index (χ4v) is 1.90.